The fourth-order valence-electron chi connectivity index (χ4n) is 2.40. The quantitative estimate of drug-likeness (QED) is 0.720. The van der Waals surface area contributed by atoms with Crippen LogP contribution in [0.5, 0.6) is 0 Å². The molecule has 0 aromatic carbocycles. The number of piperidine rings is 1. The molecule has 0 aromatic rings. The molecule has 3 nitrogen and oxygen atoms in total. The van der Waals surface area contributed by atoms with Crippen LogP contribution in [0.1, 0.15) is 40.0 Å². The average molecular weight is 228 g/mol. The van der Waals surface area contributed by atoms with Crippen molar-refractivity contribution >= 4 is 0 Å². The van der Waals surface area contributed by atoms with Gasteiger partial charge in [-0.05, 0) is 39.3 Å². The van der Waals surface area contributed by atoms with Gasteiger partial charge < -0.3 is 10.1 Å². The van der Waals surface area contributed by atoms with Gasteiger partial charge in [0.15, 0.2) is 0 Å². The normalized spacial score (nSPS) is 24.6. The predicted octanol–water partition coefficient (Wildman–Crippen LogP) is 1.88. The van der Waals surface area contributed by atoms with E-state index < -0.39 is 0 Å². The van der Waals surface area contributed by atoms with Gasteiger partial charge in [-0.25, -0.2) is 0 Å². The van der Waals surface area contributed by atoms with Crippen molar-refractivity contribution in [2.24, 2.45) is 0 Å². The van der Waals surface area contributed by atoms with Gasteiger partial charge in [0.25, 0.3) is 0 Å². The van der Waals surface area contributed by atoms with E-state index >= 15 is 0 Å². The Morgan fingerprint density at radius 1 is 1.44 bits per heavy atom. The van der Waals surface area contributed by atoms with Crippen LogP contribution < -0.4 is 5.32 Å². The minimum atomic E-state index is 0.475. The number of hydrogen-bond donors (Lipinski definition) is 1. The maximum atomic E-state index is 5.84. The molecular weight excluding hydrogens is 200 g/mol. The van der Waals surface area contributed by atoms with Crippen molar-refractivity contribution < 1.29 is 4.74 Å². The molecule has 3 heteroatoms. The van der Waals surface area contributed by atoms with E-state index in [-0.39, 0.29) is 0 Å². The fraction of sp³-hybridized carbons (Fsp3) is 1.00. The Balaban J connectivity index is 2.21. The van der Waals surface area contributed by atoms with E-state index in [0.717, 1.165) is 32.7 Å². The second kappa shape index (κ2) is 8.04. The molecule has 1 aliphatic rings. The summed E-state index contributed by atoms with van der Waals surface area (Å²) in [6, 6.07) is 0.593. The summed E-state index contributed by atoms with van der Waals surface area (Å²) in [5, 5.41) is 3.47. The largest absolute Gasteiger partial charge is 0.377 e. The average Bonchev–Trinajstić information content (AvgIpc) is 2.27. The van der Waals surface area contributed by atoms with Crippen molar-refractivity contribution in [2.45, 2.75) is 52.2 Å². The Kier molecular flexibility index (Phi) is 7.01. The lowest BCUT2D eigenvalue weighted by molar-refractivity contribution is -0.00173. The van der Waals surface area contributed by atoms with E-state index in [1.165, 1.54) is 19.4 Å². The minimum Gasteiger partial charge on any atom is -0.377 e. The Labute approximate surface area is 101 Å². The number of ether oxygens (including phenoxy) is 1. The Morgan fingerprint density at radius 2 is 2.25 bits per heavy atom. The van der Waals surface area contributed by atoms with E-state index in [0.29, 0.717) is 12.1 Å². The second-order valence-corrected chi connectivity index (χ2v) is 4.85. The lowest BCUT2D eigenvalue weighted by Gasteiger charge is -2.34. The molecule has 0 spiro atoms. The van der Waals surface area contributed by atoms with Gasteiger partial charge in [-0.1, -0.05) is 13.8 Å². The Morgan fingerprint density at radius 3 is 2.94 bits per heavy atom. The smallest absolute Gasteiger partial charge is 0.0702 e. The van der Waals surface area contributed by atoms with E-state index in [1.54, 1.807) is 0 Å². The zero-order chi connectivity index (χ0) is 11.8. The summed E-state index contributed by atoms with van der Waals surface area (Å²) >= 11 is 0. The molecule has 0 amide bonds. The monoisotopic (exact) mass is 228 g/mol. The standard InChI is InChI=1S/C13H28N2O/c1-4-9-16-13-7-6-8-15(11-13)10-12(3)14-5-2/h12-14H,4-11H2,1-3H3. The highest BCUT2D eigenvalue weighted by molar-refractivity contribution is 4.76. The van der Waals surface area contributed by atoms with Crippen LogP contribution in [0, 0.1) is 0 Å². The van der Waals surface area contributed by atoms with Crippen molar-refractivity contribution in [1.82, 2.24) is 10.2 Å². The first kappa shape index (κ1) is 13.9. The van der Waals surface area contributed by atoms with Gasteiger partial charge >= 0.3 is 0 Å². The molecule has 16 heavy (non-hydrogen) atoms. The van der Waals surface area contributed by atoms with Gasteiger partial charge in [-0.2, -0.15) is 0 Å². The Hall–Kier alpha value is -0.120. The third kappa shape index (κ3) is 5.28. The summed E-state index contributed by atoms with van der Waals surface area (Å²) in [4.78, 5) is 2.54. The van der Waals surface area contributed by atoms with Gasteiger partial charge in [0.2, 0.25) is 0 Å². The van der Waals surface area contributed by atoms with Crippen molar-refractivity contribution in [1.29, 1.82) is 0 Å². The first-order valence-electron chi connectivity index (χ1n) is 6.83. The molecule has 0 saturated carbocycles. The summed E-state index contributed by atoms with van der Waals surface area (Å²) < 4.78 is 5.84. The molecule has 1 fully saturated rings. The molecule has 0 aliphatic carbocycles. The molecular formula is C13H28N2O. The number of likely N-dealkylation sites (N-methyl/N-ethyl adjacent to an activating group) is 1. The number of hydrogen-bond acceptors (Lipinski definition) is 3. The van der Waals surface area contributed by atoms with Crippen LogP contribution in [-0.2, 0) is 4.74 Å². The molecule has 0 radical (unpaired) electrons. The van der Waals surface area contributed by atoms with Gasteiger partial charge in [-0.3, -0.25) is 4.90 Å². The third-order valence-corrected chi connectivity index (χ3v) is 3.10. The maximum Gasteiger partial charge on any atom is 0.0702 e. The number of rotatable bonds is 7. The van der Waals surface area contributed by atoms with E-state index in [2.05, 4.69) is 31.0 Å². The molecule has 1 N–H and O–H groups in total. The highest BCUT2D eigenvalue weighted by Crippen LogP contribution is 2.13. The molecule has 2 unspecified atom stereocenters. The molecule has 0 aromatic heterocycles. The number of nitrogens with one attached hydrogen (secondary N) is 1. The first-order chi connectivity index (χ1) is 7.76. The molecule has 2 atom stereocenters. The van der Waals surface area contributed by atoms with Crippen LogP contribution in [0.2, 0.25) is 0 Å². The predicted molar refractivity (Wildman–Crippen MR) is 68.8 cm³/mol. The summed E-state index contributed by atoms with van der Waals surface area (Å²) in [6.45, 7) is 12.1. The number of likely N-dealkylation sites (tertiary alicyclic amines) is 1. The first-order valence-corrected chi connectivity index (χ1v) is 6.83. The lowest BCUT2D eigenvalue weighted by atomic mass is 10.1. The molecule has 1 saturated heterocycles. The zero-order valence-corrected chi connectivity index (χ0v) is 11.2. The van der Waals surface area contributed by atoms with Crippen LogP contribution in [0.15, 0.2) is 0 Å². The summed E-state index contributed by atoms with van der Waals surface area (Å²) in [5.41, 5.74) is 0. The second-order valence-electron chi connectivity index (χ2n) is 4.85. The maximum absolute atomic E-state index is 5.84. The molecule has 96 valence electrons. The van der Waals surface area contributed by atoms with Crippen molar-refractivity contribution in [2.75, 3.05) is 32.8 Å². The lowest BCUT2D eigenvalue weighted by Crippen LogP contribution is -2.46. The summed E-state index contributed by atoms with van der Waals surface area (Å²) in [7, 11) is 0. The summed E-state index contributed by atoms with van der Waals surface area (Å²) in [5.74, 6) is 0. The van der Waals surface area contributed by atoms with Gasteiger partial charge in [0, 0.05) is 25.7 Å². The van der Waals surface area contributed by atoms with Crippen LogP contribution in [0.25, 0.3) is 0 Å². The van der Waals surface area contributed by atoms with E-state index in [4.69, 9.17) is 4.74 Å². The molecule has 0 bridgehead atoms. The zero-order valence-electron chi connectivity index (χ0n) is 11.2. The molecule has 1 heterocycles. The van der Waals surface area contributed by atoms with E-state index in [1.807, 2.05) is 0 Å². The van der Waals surface area contributed by atoms with Crippen LogP contribution in [-0.4, -0.2) is 49.8 Å². The third-order valence-electron chi connectivity index (χ3n) is 3.10. The minimum absolute atomic E-state index is 0.475. The van der Waals surface area contributed by atoms with Gasteiger partial charge in [0.05, 0.1) is 6.10 Å². The van der Waals surface area contributed by atoms with Crippen LogP contribution in [0.4, 0.5) is 0 Å². The number of nitrogens with zero attached hydrogens (tertiary/aromatic N) is 1. The molecule has 1 aliphatic heterocycles. The van der Waals surface area contributed by atoms with Crippen LogP contribution >= 0.6 is 0 Å². The van der Waals surface area contributed by atoms with Crippen molar-refractivity contribution in [3.05, 3.63) is 0 Å². The van der Waals surface area contributed by atoms with Gasteiger partial charge in [-0.15, -0.1) is 0 Å². The van der Waals surface area contributed by atoms with Crippen LogP contribution in [0.3, 0.4) is 0 Å². The SMILES string of the molecule is CCCOC1CCCN(CC(C)NCC)C1. The fourth-order valence-corrected chi connectivity index (χ4v) is 2.40. The highest BCUT2D eigenvalue weighted by atomic mass is 16.5. The van der Waals surface area contributed by atoms with E-state index in [9.17, 15) is 0 Å². The summed E-state index contributed by atoms with van der Waals surface area (Å²) in [6.07, 6.45) is 4.13. The topological polar surface area (TPSA) is 24.5 Å². The highest BCUT2D eigenvalue weighted by Gasteiger charge is 2.20. The molecule has 1 rings (SSSR count). The van der Waals surface area contributed by atoms with Crippen molar-refractivity contribution in [3.63, 3.8) is 0 Å². The van der Waals surface area contributed by atoms with Crippen molar-refractivity contribution in [3.8, 4) is 0 Å². The Bertz CT molecular complexity index is 175. The van der Waals surface area contributed by atoms with Gasteiger partial charge in [0.1, 0.15) is 0 Å².